The van der Waals surface area contributed by atoms with E-state index >= 15 is 0 Å². The Kier molecular flexibility index (Phi) is 4.80. The Hall–Kier alpha value is -2.15. The molecule has 1 saturated carbocycles. The molecule has 2 aromatic rings. The van der Waals surface area contributed by atoms with Gasteiger partial charge in [-0.3, -0.25) is 4.79 Å². The number of fused-ring (bicyclic) bond motifs is 2. The molecule has 0 unspecified atom stereocenters. The van der Waals surface area contributed by atoms with Crippen molar-refractivity contribution in [2.24, 2.45) is 0 Å². The highest BCUT2D eigenvalue weighted by molar-refractivity contribution is 5.98. The fraction of sp³-hybridized carbons (Fsp3) is 0.400. The van der Waals surface area contributed by atoms with E-state index in [1.165, 1.54) is 48.8 Å². The molecular formula is C25H28O. The lowest BCUT2D eigenvalue weighted by atomic mass is 9.86. The third-order valence-corrected chi connectivity index (χ3v) is 5.81. The van der Waals surface area contributed by atoms with Gasteiger partial charge >= 0.3 is 0 Å². The van der Waals surface area contributed by atoms with Crippen LogP contribution < -0.4 is 0 Å². The monoisotopic (exact) mass is 344 g/mol. The molecule has 2 aromatic carbocycles. The second-order valence-corrected chi connectivity index (χ2v) is 8.03. The summed E-state index contributed by atoms with van der Waals surface area (Å²) in [6.07, 6.45) is 9.52. The molecule has 3 aliphatic rings. The van der Waals surface area contributed by atoms with Crippen molar-refractivity contribution in [3.8, 4) is 0 Å². The summed E-state index contributed by atoms with van der Waals surface area (Å²) in [6, 6.07) is 13.1. The molecule has 0 N–H and O–H groups in total. The van der Waals surface area contributed by atoms with E-state index in [4.69, 9.17) is 0 Å². The van der Waals surface area contributed by atoms with Gasteiger partial charge in [0, 0.05) is 12.0 Å². The first-order valence-corrected chi connectivity index (χ1v) is 10.1. The van der Waals surface area contributed by atoms with Crippen molar-refractivity contribution < 1.29 is 4.79 Å². The summed E-state index contributed by atoms with van der Waals surface area (Å²) in [4.78, 5) is 11.4. The Balaban J connectivity index is 0.000000131. The molecule has 0 bridgehead atoms. The van der Waals surface area contributed by atoms with Gasteiger partial charge in [-0.15, -0.1) is 0 Å². The quantitative estimate of drug-likeness (QED) is 0.541. The number of hydrogen-bond acceptors (Lipinski definition) is 1. The molecule has 0 spiro atoms. The van der Waals surface area contributed by atoms with Crippen LogP contribution in [-0.4, -0.2) is 5.78 Å². The Bertz CT molecular complexity index is 879. The first-order valence-electron chi connectivity index (χ1n) is 10.1. The highest BCUT2D eigenvalue weighted by Crippen LogP contribution is 2.42. The maximum Gasteiger partial charge on any atom is 0.163 e. The molecule has 1 heteroatoms. The van der Waals surface area contributed by atoms with Crippen molar-refractivity contribution in [1.82, 2.24) is 0 Å². The molecule has 0 atom stereocenters. The van der Waals surface area contributed by atoms with Crippen molar-refractivity contribution in [2.75, 3.05) is 0 Å². The van der Waals surface area contributed by atoms with Crippen LogP contribution in [0.2, 0.25) is 0 Å². The maximum absolute atomic E-state index is 11.4. The lowest BCUT2D eigenvalue weighted by Crippen LogP contribution is -2.10. The Morgan fingerprint density at radius 2 is 1.23 bits per heavy atom. The molecule has 3 aliphatic carbocycles. The normalized spacial score (nSPS) is 17.8. The third-order valence-electron chi connectivity index (χ3n) is 5.81. The predicted octanol–water partition coefficient (Wildman–Crippen LogP) is 6.39. The van der Waals surface area contributed by atoms with Gasteiger partial charge < -0.3 is 0 Å². The van der Waals surface area contributed by atoms with Gasteiger partial charge in [0.1, 0.15) is 0 Å². The van der Waals surface area contributed by atoms with Crippen molar-refractivity contribution in [3.05, 3.63) is 75.4 Å². The number of benzene rings is 2. The Morgan fingerprint density at radius 3 is 1.88 bits per heavy atom. The van der Waals surface area contributed by atoms with Crippen molar-refractivity contribution in [2.45, 2.75) is 65.2 Å². The third kappa shape index (κ3) is 3.67. The fourth-order valence-electron chi connectivity index (χ4n) is 4.25. The van der Waals surface area contributed by atoms with E-state index in [1.807, 2.05) is 13.0 Å². The molecule has 0 saturated heterocycles. The summed E-state index contributed by atoms with van der Waals surface area (Å²) in [6.45, 7) is 4.23. The standard InChI is InChI=1S/C14H16.C11H12O/c1-10-5-6-11-3-2-4-13(12-7-8-12)14(11)9-10;1-8-5-6-9-3-2-4-11(12)10(9)7-8/h5-6,9H,2-4,7-8H2,1H3;5-7H,2-4H2,1H3. The highest BCUT2D eigenvalue weighted by atomic mass is 16.1. The fourth-order valence-corrected chi connectivity index (χ4v) is 4.25. The average Bonchev–Trinajstić information content (AvgIpc) is 3.48. The summed E-state index contributed by atoms with van der Waals surface area (Å²) >= 11 is 0. The lowest BCUT2D eigenvalue weighted by Gasteiger charge is -2.19. The number of carbonyl (C=O) groups excluding carboxylic acids is 1. The van der Waals surface area contributed by atoms with Crippen LogP contribution >= 0.6 is 0 Å². The number of hydrogen-bond donors (Lipinski definition) is 0. The number of aryl methyl sites for hydroxylation is 4. The highest BCUT2D eigenvalue weighted by Gasteiger charge is 2.22. The minimum atomic E-state index is 0.319. The van der Waals surface area contributed by atoms with E-state index in [0.717, 1.165) is 24.8 Å². The zero-order chi connectivity index (χ0) is 18.1. The maximum atomic E-state index is 11.4. The second-order valence-electron chi connectivity index (χ2n) is 8.03. The summed E-state index contributed by atoms with van der Waals surface area (Å²) < 4.78 is 0. The zero-order valence-electron chi connectivity index (χ0n) is 16.0. The molecule has 1 fully saturated rings. The molecule has 0 amide bonds. The molecule has 5 rings (SSSR count). The zero-order valence-corrected chi connectivity index (χ0v) is 16.0. The smallest absolute Gasteiger partial charge is 0.163 e. The summed E-state index contributed by atoms with van der Waals surface area (Å²) in [5.74, 6) is 0.319. The van der Waals surface area contributed by atoms with Crippen molar-refractivity contribution in [1.29, 1.82) is 0 Å². The molecular weight excluding hydrogens is 316 g/mol. The molecule has 26 heavy (non-hydrogen) atoms. The van der Waals surface area contributed by atoms with Gasteiger partial charge in [-0.25, -0.2) is 0 Å². The minimum Gasteiger partial charge on any atom is -0.294 e. The van der Waals surface area contributed by atoms with E-state index in [9.17, 15) is 4.79 Å². The summed E-state index contributed by atoms with van der Waals surface area (Å²) in [5, 5.41) is 0. The van der Waals surface area contributed by atoms with Gasteiger partial charge in [-0.2, -0.15) is 0 Å². The Morgan fingerprint density at radius 1 is 0.654 bits per heavy atom. The minimum absolute atomic E-state index is 0.319. The Labute approximate surface area is 157 Å². The van der Waals surface area contributed by atoms with Crippen LogP contribution in [0, 0.1) is 13.8 Å². The molecule has 1 nitrogen and oxygen atoms in total. The number of rotatable bonds is 0. The summed E-state index contributed by atoms with van der Waals surface area (Å²) in [5.41, 5.74) is 11.4. The van der Waals surface area contributed by atoms with Crippen LogP contribution in [0.5, 0.6) is 0 Å². The van der Waals surface area contributed by atoms with E-state index < -0.39 is 0 Å². The van der Waals surface area contributed by atoms with Crippen LogP contribution in [0.4, 0.5) is 0 Å². The van der Waals surface area contributed by atoms with Gasteiger partial charge in [0.2, 0.25) is 0 Å². The van der Waals surface area contributed by atoms with Crippen molar-refractivity contribution >= 4 is 11.4 Å². The van der Waals surface area contributed by atoms with Gasteiger partial charge in [0.05, 0.1) is 0 Å². The van der Waals surface area contributed by atoms with Crippen LogP contribution in [0.1, 0.15) is 76.7 Å². The van der Waals surface area contributed by atoms with E-state index in [0.29, 0.717) is 5.78 Å². The second kappa shape index (κ2) is 7.23. The van der Waals surface area contributed by atoms with Gasteiger partial charge in [-0.1, -0.05) is 47.0 Å². The van der Waals surface area contributed by atoms with Crippen LogP contribution in [-0.2, 0) is 12.8 Å². The van der Waals surface area contributed by atoms with Crippen LogP contribution in [0.25, 0.3) is 5.57 Å². The molecule has 0 heterocycles. The van der Waals surface area contributed by atoms with Gasteiger partial charge in [0.15, 0.2) is 5.78 Å². The van der Waals surface area contributed by atoms with Gasteiger partial charge in [0.25, 0.3) is 0 Å². The molecule has 0 aromatic heterocycles. The SMILES string of the molecule is Cc1ccc2c(c1)C(=C1CC1)CCC2.Cc1ccc2c(c1)C(=O)CCC2. The topological polar surface area (TPSA) is 17.1 Å². The number of carbonyl (C=O) groups is 1. The van der Waals surface area contributed by atoms with E-state index in [2.05, 4.69) is 37.3 Å². The molecule has 0 radical (unpaired) electrons. The summed E-state index contributed by atoms with van der Waals surface area (Å²) in [7, 11) is 0. The first-order chi connectivity index (χ1) is 12.6. The number of ketones is 1. The van der Waals surface area contributed by atoms with Crippen LogP contribution in [0.3, 0.4) is 0 Å². The van der Waals surface area contributed by atoms with Gasteiger partial charge in [-0.05, 0) is 87.1 Å². The van der Waals surface area contributed by atoms with E-state index in [-0.39, 0.29) is 0 Å². The molecule has 0 aliphatic heterocycles. The predicted molar refractivity (Wildman–Crippen MR) is 109 cm³/mol. The lowest BCUT2D eigenvalue weighted by molar-refractivity contribution is 0.0972. The molecule has 134 valence electrons. The largest absolute Gasteiger partial charge is 0.294 e. The first kappa shape index (κ1) is 17.3. The van der Waals surface area contributed by atoms with E-state index in [1.54, 1.807) is 22.3 Å². The number of Topliss-reactive ketones (excluding diaryl/α,β-unsaturated/α-hetero) is 1. The number of allylic oxidation sites excluding steroid dienone is 2. The van der Waals surface area contributed by atoms with Crippen LogP contribution in [0.15, 0.2) is 42.0 Å². The average molecular weight is 344 g/mol. The van der Waals surface area contributed by atoms with Crippen molar-refractivity contribution in [3.63, 3.8) is 0 Å².